The lowest BCUT2D eigenvalue weighted by molar-refractivity contribution is -0.138. The van der Waals surface area contributed by atoms with E-state index in [4.69, 9.17) is 14.2 Å². The molecule has 1 rings (SSSR count). The Morgan fingerprint density at radius 1 is 1.19 bits per heavy atom. The molecule has 0 aliphatic heterocycles. The van der Waals surface area contributed by atoms with Gasteiger partial charge in [-0.1, -0.05) is 6.58 Å². The smallest absolute Gasteiger partial charge is 0.407 e. The van der Waals surface area contributed by atoms with E-state index in [0.717, 1.165) is 25.7 Å². The van der Waals surface area contributed by atoms with E-state index in [-0.39, 0.29) is 13.2 Å². The normalized spacial score (nSPS) is 21.4. The second kappa shape index (κ2) is 9.39. The molecule has 1 fully saturated rings. The third-order valence-electron chi connectivity index (χ3n) is 3.53. The number of nitrogens with one attached hydrogen (secondary N) is 1. The summed E-state index contributed by atoms with van der Waals surface area (Å²) in [5, 5.41) is 2.54. The van der Waals surface area contributed by atoms with E-state index in [0.29, 0.717) is 24.2 Å². The van der Waals surface area contributed by atoms with Gasteiger partial charge in [-0.05, 0) is 38.5 Å². The molecule has 0 bridgehead atoms. The molecule has 1 aliphatic rings. The summed E-state index contributed by atoms with van der Waals surface area (Å²) < 4.78 is 15.3. The number of hydrogen-bond donors (Lipinski definition) is 1. The van der Waals surface area contributed by atoms with Crippen LogP contribution in [0.4, 0.5) is 4.79 Å². The summed E-state index contributed by atoms with van der Waals surface area (Å²) in [6.45, 7) is 5.80. The first-order valence-corrected chi connectivity index (χ1v) is 7.29. The van der Waals surface area contributed by atoms with Crippen molar-refractivity contribution >= 4 is 12.1 Å². The van der Waals surface area contributed by atoms with Gasteiger partial charge >= 0.3 is 12.1 Å². The molecule has 1 N–H and O–H groups in total. The van der Waals surface area contributed by atoms with Crippen molar-refractivity contribution in [1.29, 1.82) is 0 Å². The molecule has 1 saturated carbocycles. The van der Waals surface area contributed by atoms with Gasteiger partial charge in [-0.15, -0.1) is 0 Å². The molecule has 0 unspecified atom stereocenters. The first-order chi connectivity index (χ1) is 10.0. The Morgan fingerprint density at radius 2 is 1.86 bits per heavy atom. The van der Waals surface area contributed by atoms with Crippen LogP contribution in [0.5, 0.6) is 0 Å². The topological polar surface area (TPSA) is 73.9 Å². The lowest BCUT2D eigenvalue weighted by Gasteiger charge is -2.27. The molecule has 6 heteroatoms. The van der Waals surface area contributed by atoms with Crippen molar-refractivity contribution in [2.24, 2.45) is 5.92 Å². The Kier molecular flexibility index (Phi) is 7.82. The fraction of sp³-hybridized carbons (Fsp3) is 0.733. The molecule has 120 valence electrons. The van der Waals surface area contributed by atoms with E-state index < -0.39 is 12.1 Å². The molecule has 0 saturated heterocycles. The summed E-state index contributed by atoms with van der Waals surface area (Å²) in [7, 11) is 1.73. The molecule has 0 radical (unpaired) electrons. The SMILES string of the molecule is C=C(C)C(=O)OCCNC(=O)OCC1CCC(OC)CC1. The molecule has 1 aliphatic carbocycles. The highest BCUT2D eigenvalue weighted by Crippen LogP contribution is 2.25. The zero-order valence-corrected chi connectivity index (χ0v) is 12.9. The van der Waals surface area contributed by atoms with Gasteiger partial charge in [0.2, 0.25) is 0 Å². The van der Waals surface area contributed by atoms with Gasteiger partial charge in [0, 0.05) is 12.7 Å². The van der Waals surface area contributed by atoms with E-state index >= 15 is 0 Å². The number of carbonyl (C=O) groups is 2. The number of methoxy groups -OCH3 is 1. The molecule has 0 aromatic heterocycles. The molecule has 6 nitrogen and oxygen atoms in total. The zero-order chi connectivity index (χ0) is 15.7. The summed E-state index contributed by atoms with van der Waals surface area (Å²) >= 11 is 0. The third kappa shape index (κ3) is 7.13. The van der Waals surface area contributed by atoms with Crippen LogP contribution in [0.1, 0.15) is 32.6 Å². The fourth-order valence-corrected chi connectivity index (χ4v) is 2.20. The molecule has 21 heavy (non-hydrogen) atoms. The minimum Gasteiger partial charge on any atom is -0.460 e. The van der Waals surface area contributed by atoms with Gasteiger partial charge in [-0.3, -0.25) is 0 Å². The molecular weight excluding hydrogens is 274 g/mol. The van der Waals surface area contributed by atoms with Crippen molar-refractivity contribution in [3.05, 3.63) is 12.2 Å². The van der Waals surface area contributed by atoms with E-state index in [2.05, 4.69) is 11.9 Å². The van der Waals surface area contributed by atoms with Crippen LogP contribution in [0, 0.1) is 5.92 Å². The molecule has 0 heterocycles. The Hall–Kier alpha value is -1.56. The number of alkyl carbamates (subject to hydrolysis) is 1. The summed E-state index contributed by atoms with van der Waals surface area (Å²) in [6.07, 6.45) is 3.93. The van der Waals surface area contributed by atoms with Crippen molar-refractivity contribution in [3.8, 4) is 0 Å². The summed E-state index contributed by atoms with van der Waals surface area (Å²) in [6, 6.07) is 0. The summed E-state index contributed by atoms with van der Waals surface area (Å²) in [4.78, 5) is 22.6. The van der Waals surface area contributed by atoms with Crippen LogP contribution in [0.15, 0.2) is 12.2 Å². The van der Waals surface area contributed by atoms with Gasteiger partial charge in [0.15, 0.2) is 0 Å². The van der Waals surface area contributed by atoms with E-state index in [1.807, 2.05) is 0 Å². The number of amides is 1. The Morgan fingerprint density at radius 3 is 2.43 bits per heavy atom. The third-order valence-corrected chi connectivity index (χ3v) is 3.53. The van der Waals surface area contributed by atoms with Crippen LogP contribution in [0.25, 0.3) is 0 Å². The van der Waals surface area contributed by atoms with E-state index in [1.165, 1.54) is 0 Å². The number of rotatable bonds is 7. The number of carbonyl (C=O) groups excluding carboxylic acids is 2. The second-order valence-corrected chi connectivity index (χ2v) is 5.32. The van der Waals surface area contributed by atoms with Crippen molar-refractivity contribution < 1.29 is 23.8 Å². The van der Waals surface area contributed by atoms with Crippen LogP contribution in [0.3, 0.4) is 0 Å². The standard InChI is InChI=1S/C15H25NO5/c1-11(2)14(17)20-9-8-16-15(18)21-10-12-4-6-13(19-3)7-5-12/h12-13H,1,4-10H2,2-3H3,(H,16,18). The Labute approximate surface area is 125 Å². The Bertz CT molecular complexity index is 361. The first-order valence-electron chi connectivity index (χ1n) is 7.29. The van der Waals surface area contributed by atoms with Crippen molar-refractivity contribution in [3.63, 3.8) is 0 Å². The summed E-state index contributed by atoms with van der Waals surface area (Å²) in [5.74, 6) is -0.0523. The van der Waals surface area contributed by atoms with Crippen LogP contribution in [-0.2, 0) is 19.0 Å². The lowest BCUT2D eigenvalue weighted by atomic mass is 9.88. The monoisotopic (exact) mass is 299 g/mol. The first kappa shape index (κ1) is 17.5. The Balaban J connectivity index is 2.04. The molecular formula is C15H25NO5. The van der Waals surface area contributed by atoms with Crippen LogP contribution in [-0.4, -0.2) is 45.0 Å². The lowest BCUT2D eigenvalue weighted by Crippen LogP contribution is -2.31. The van der Waals surface area contributed by atoms with Crippen LogP contribution >= 0.6 is 0 Å². The number of ether oxygens (including phenoxy) is 3. The zero-order valence-electron chi connectivity index (χ0n) is 12.9. The quantitative estimate of drug-likeness (QED) is 0.442. The van der Waals surface area contributed by atoms with Gasteiger partial charge in [0.25, 0.3) is 0 Å². The van der Waals surface area contributed by atoms with Crippen LogP contribution in [0.2, 0.25) is 0 Å². The van der Waals surface area contributed by atoms with Gasteiger partial charge in [-0.2, -0.15) is 0 Å². The van der Waals surface area contributed by atoms with Crippen LogP contribution < -0.4 is 5.32 Å². The average Bonchev–Trinajstić information content (AvgIpc) is 2.49. The highest BCUT2D eigenvalue weighted by Gasteiger charge is 2.21. The fourth-order valence-electron chi connectivity index (χ4n) is 2.20. The number of esters is 1. The molecule has 0 aromatic rings. The van der Waals surface area contributed by atoms with Gasteiger partial charge < -0.3 is 19.5 Å². The van der Waals surface area contributed by atoms with Gasteiger partial charge in [0.1, 0.15) is 6.61 Å². The second-order valence-electron chi connectivity index (χ2n) is 5.32. The predicted molar refractivity (Wildman–Crippen MR) is 77.9 cm³/mol. The highest BCUT2D eigenvalue weighted by molar-refractivity contribution is 5.86. The number of hydrogen-bond acceptors (Lipinski definition) is 5. The average molecular weight is 299 g/mol. The highest BCUT2D eigenvalue weighted by atomic mass is 16.6. The molecule has 0 atom stereocenters. The largest absolute Gasteiger partial charge is 0.460 e. The maximum atomic E-state index is 11.5. The molecule has 1 amide bonds. The minimum absolute atomic E-state index is 0.111. The maximum absolute atomic E-state index is 11.5. The summed E-state index contributed by atoms with van der Waals surface area (Å²) in [5.41, 5.74) is 0.337. The van der Waals surface area contributed by atoms with Crippen molar-refractivity contribution in [2.45, 2.75) is 38.7 Å². The molecule has 0 aromatic carbocycles. The molecule has 0 spiro atoms. The van der Waals surface area contributed by atoms with Crippen molar-refractivity contribution in [1.82, 2.24) is 5.32 Å². The van der Waals surface area contributed by atoms with Crippen molar-refractivity contribution in [2.75, 3.05) is 26.9 Å². The minimum atomic E-state index is -0.477. The van der Waals surface area contributed by atoms with E-state index in [9.17, 15) is 9.59 Å². The van der Waals surface area contributed by atoms with Gasteiger partial charge in [-0.25, -0.2) is 9.59 Å². The van der Waals surface area contributed by atoms with E-state index in [1.54, 1.807) is 14.0 Å². The predicted octanol–water partition coefficient (Wildman–Crippen LogP) is 2.04. The maximum Gasteiger partial charge on any atom is 0.407 e. The van der Waals surface area contributed by atoms with Gasteiger partial charge in [0.05, 0.1) is 19.3 Å².